The van der Waals surface area contributed by atoms with Crippen LogP contribution in [0.1, 0.15) is 19.8 Å². The molecule has 8 heteroatoms. The van der Waals surface area contributed by atoms with Crippen molar-refractivity contribution in [2.45, 2.75) is 26.3 Å². The van der Waals surface area contributed by atoms with Crippen molar-refractivity contribution in [2.24, 2.45) is 0 Å². The molecule has 0 radical (unpaired) electrons. The normalized spacial score (nSPS) is 10.7. The number of fused-ring (bicyclic) bond motifs is 1. The first-order valence-corrected chi connectivity index (χ1v) is 10.1. The van der Waals surface area contributed by atoms with Crippen LogP contribution in [0.15, 0.2) is 59.7 Å². The number of rotatable bonds is 8. The second-order valence-electron chi connectivity index (χ2n) is 6.82. The van der Waals surface area contributed by atoms with Crippen molar-refractivity contribution in [3.8, 4) is 0 Å². The topological polar surface area (TPSA) is 84.3 Å². The highest BCUT2D eigenvalue weighted by Gasteiger charge is 2.15. The fourth-order valence-electron chi connectivity index (χ4n) is 3.14. The number of amides is 2. The summed E-state index contributed by atoms with van der Waals surface area (Å²) in [6, 6.07) is 14.1. The van der Waals surface area contributed by atoms with Crippen LogP contribution in [0.5, 0.6) is 0 Å². The standard InChI is InChI=1S/C22H23ClN4O3/c1-2-12-27(17-7-5-6-16(23)13-17)21(29)10-11-24-20(28)14-26-15-25-19-9-4-3-8-18(19)22(26)30/h3-9,13,15H,2,10-12,14H2,1H3,(H,24,28). The van der Waals surface area contributed by atoms with Gasteiger partial charge in [0.1, 0.15) is 6.54 Å². The van der Waals surface area contributed by atoms with Gasteiger partial charge in [0, 0.05) is 30.2 Å². The molecule has 1 N–H and O–H groups in total. The second kappa shape index (κ2) is 10.0. The predicted octanol–water partition coefficient (Wildman–Crippen LogP) is 3.00. The zero-order chi connectivity index (χ0) is 21.5. The summed E-state index contributed by atoms with van der Waals surface area (Å²) in [5, 5.41) is 3.71. The summed E-state index contributed by atoms with van der Waals surface area (Å²) in [7, 11) is 0. The van der Waals surface area contributed by atoms with Crippen LogP contribution >= 0.6 is 11.6 Å². The van der Waals surface area contributed by atoms with Crippen LogP contribution < -0.4 is 15.8 Å². The third-order valence-corrected chi connectivity index (χ3v) is 4.81. The molecule has 2 aromatic carbocycles. The molecular weight excluding hydrogens is 404 g/mol. The van der Waals surface area contributed by atoms with E-state index >= 15 is 0 Å². The van der Waals surface area contributed by atoms with Gasteiger partial charge in [-0.2, -0.15) is 0 Å². The first kappa shape index (κ1) is 21.5. The van der Waals surface area contributed by atoms with E-state index in [1.54, 1.807) is 47.4 Å². The summed E-state index contributed by atoms with van der Waals surface area (Å²) in [4.78, 5) is 43.2. The molecular formula is C22H23ClN4O3. The molecule has 0 aliphatic carbocycles. The molecule has 3 rings (SSSR count). The van der Waals surface area contributed by atoms with Gasteiger partial charge in [0.2, 0.25) is 11.8 Å². The van der Waals surface area contributed by atoms with Crippen molar-refractivity contribution in [3.05, 3.63) is 70.2 Å². The largest absolute Gasteiger partial charge is 0.354 e. The number of hydrogen-bond donors (Lipinski definition) is 1. The average Bonchev–Trinajstić information content (AvgIpc) is 2.74. The SMILES string of the molecule is CCCN(C(=O)CCNC(=O)Cn1cnc2ccccc2c1=O)c1cccc(Cl)c1. The molecule has 0 aliphatic heterocycles. The van der Waals surface area contributed by atoms with Crippen molar-refractivity contribution in [1.29, 1.82) is 0 Å². The van der Waals surface area contributed by atoms with Gasteiger partial charge in [-0.3, -0.25) is 19.0 Å². The van der Waals surface area contributed by atoms with Crippen molar-refractivity contribution in [2.75, 3.05) is 18.0 Å². The van der Waals surface area contributed by atoms with Gasteiger partial charge in [0.25, 0.3) is 5.56 Å². The van der Waals surface area contributed by atoms with Gasteiger partial charge in [-0.05, 0) is 36.8 Å². The number of carbonyl (C=O) groups excluding carboxylic acids is 2. The fraction of sp³-hybridized carbons (Fsp3) is 0.273. The molecule has 0 bridgehead atoms. The quantitative estimate of drug-likeness (QED) is 0.600. The van der Waals surface area contributed by atoms with Crippen molar-refractivity contribution >= 4 is 40.0 Å². The number of anilines is 1. The van der Waals surface area contributed by atoms with Gasteiger partial charge in [-0.25, -0.2) is 4.98 Å². The smallest absolute Gasteiger partial charge is 0.261 e. The lowest BCUT2D eigenvalue weighted by molar-refractivity contribution is -0.122. The van der Waals surface area contributed by atoms with Crippen molar-refractivity contribution in [1.82, 2.24) is 14.9 Å². The van der Waals surface area contributed by atoms with Crippen molar-refractivity contribution < 1.29 is 9.59 Å². The molecule has 0 fully saturated rings. The Morgan fingerprint density at radius 3 is 2.73 bits per heavy atom. The molecule has 0 atom stereocenters. The third-order valence-electron chi connectivity index (χ3n) is 4.57. The zero-order valence-corrected chi connectivity index (χ0v) is 17.4. The van der Waals surface area contributed by atoms with E-state index in [0.717, 1.165) is 12.1 Å². The van der Waals surface area contributed by atoms with Gasteiger partial charge in [-0.15, -0.1) is 0 Å². The molecule has 0 aliphatic rings. The van der Waals surface area contributed by atoms with Gasteiger partial charge >= 0.3 is 0 Å². The van der Waals surface area contributed by atoms with Crippen LogP contribution in [0, 0.1) is 0 Å². The second-order valence-corrected chi connectivity index (χ2v) is 7.26. The van der Waals surface area contributed by atoms with E-state index in [2.05, 4.69) is 10.3 Å². The Morgan fingerprint density at radius 2 is 1.97 bits per heavy atom. The molecule has 30 heavy (non-hydrogen) atoms. The molecule has 0 saturated heterocycles. The van der Waals surface area contributed by atoms with E-state index in [9.17, 15) is 14.4 Å². The number of halogens is 1. The summed E-state index contributed by atoms with van der Waals surface area (Å²) < 4.78 is 1.26. The molecule has 0 spiro atoms. The molecule has 0 unspecified atom stereocenters. The van der Waals surface area contributed by atoms with Crippen LogP contribution in [0.25, 0.3) is 10.9 Å². The summed E-state index contributed by atoms with van der Waals surface area (Å²) in [5.74, 6) is -0.462. The number of carbonyl (C=O) groups is 2. The molecule has 1 aromatic heterocycles. The van der Waals surface area contributed by atoms with E-state index < -0.39 is 0 Å². The Kier molecular flexibility index (Phi) is 7.19. The van der Waals surface area contributed by atoms with Crippen LogP contribution in [0.4, 0.5) is 5.69 Å². The Morgan fingerprint density at radius 1 is 1.17 bits per heavy atom. The van der Waals surface area contributed by atoms with Crippen LogP contribution in [-0.2, 0) is 16.1 Å². The minimum absolute atomic E-state index is 0.107. The number of hydrogen-bond acceptors (Lipinski definition) is 4. The number of benzene rings is 2. The molecule has 1 heterocycles. The Hall–Kier alpha value is -3.19. The highest BCUT2D eigenvalue weighted by atomic mass is 35.5. The van der Waals surface area contributed by atoms with Crippen LogP contribution in [0.3, 0.4) is 0 Å². The van der Waals surface area contributed by atoms with Gasteiger partial charge in [0.05, 0.1) is 17.2 Å². The van der Waals surface area contributed by atoms with Gasteiger partial charge in [0.15, 0.2) is 0 Å². The first-order valence-electron chi connectivity index (χ1n) is 9.76. The lowest BCUT2D eigenvalue weighted by Gasteiger charge is -2.22. The Labute approximate surface area is 179 Å². The third kappa shape index (κ3) is 5.24. The lowest BCUT2D eigenvalue weighted by atomic mass is 10.2. The summed E-state index contributed by atoms with van der Waals surface area (Å²) in [6.07, 6.45) is 2.29. The number of para-hydroxylation sites is 1. The lowest BCUT2D eigenvalue weighted by Crippen LogP contribution is -2.37. The van der Waals surface area contributed by atoms with E-state index in [1.807, 2.05) is 13.0 Å². The maximum Gasteiger partial charge on any atom is 0.261 e. The average molecular weight is 427 g/mol. The molecule has 3 aromatic rings. The molecule has 7 nitrogen and oxygen atoms in total. The Bertz CT molecular complexity index is 1110. The molecule has 2 amide bonds. The van der Waals surface area contributed by atoms with E-state index in [-0.39, 0.29) is 36.9 Å². The number of aromatic nitrogens is 2. The minimum Gasteiger partial charge on any atom is -0.354 e. The van der Waals surface area contributed by atoms with Gasteiger partial charge < -0.3 is 10.2 Å². The number of nitrogens with zero attached hydrogens (tertiary/aromatic N) is 3. The van der Waals surface area contributed by atoms with E-state index in [0.29, 0.717) is 22.5 Å². The maximum atomic E-state index is 12.7. The highest BCUT2D eigenvalue weighted by molar-refractivity contribution is 6.30. The van der Waals surface area contributed by atoms with Crippen LogP contribution in [0.2, 0.25) is 5.02 Å². The maximum absolute atomic E-state index is 12.7. The predicted molar refractivity (Wildman–Crippen MR) is 118 cm³/mol. The van der Waals surface area contributed by atoms with Crippen molar-refractivity contribution in [3.63, 3.8) is 0 Å². The summed E-state index contributed by atoms with van der Waals surface area (Å²) >= 11 is 6.04. The van der Waals surface area contributed by atoms with E-state index in [4.69, 9.17) is 11.6 Å². The summed E-state index contributed by atoms with van der Waals surface area (Å²) in [5.41, 5.74) is 1.04. The number of nitrogens with one attached hydrogen (secondary N) is 1. The monoisotopic (exact) mass is 426 g/mol. The van der Waals surface area contributed by atoms with E-state index in [1.165, 1.54) is 10.9 Å². The highest BCUT2D eigenvalue weighted by Crippen LogP contribution is 2.20. The van der Waals surface area contributed by atoms with Crippen LogP contribution in [-0.4, -0.2) is 34.5 Å². The first-order chi connectivity index (χ1) is 14.5. The minimum atomic E-state index is -0.355. The molecule has 0 saturated carbocycles. The Balaban J connectivity index is 1.57. The molecule has 156 valence electrons. The summed E-state index contributed by atoms with van der Waals surface area (Å²) in [6.45, 7) is 2.57. The fourth-order valence-corrected chi connectivity index (χ4v) is 3.32. The van der Waals surface area contributed by atoms with Gasteiger partial charge in [-0.1, -0.05) is 36.7 Å². The zero-order valence-electron chi connectivity index (χ0n) is 16.7.